The Balaban J connectivity index is 2.02. The standard InChI is InChI=1S/C16H24FN3O4S/c1-13(16(21)18-7-8-19-9-11-24-12-10-19)20(25(2,22)23)15-6-4-3-5-14(15)17/h3-6,13H,7-12H2,1-2H3,(H,18,21)/t13-/m0/s1. The van der Waals surface area contributed by atoms with E-state index >= 15 is 0 Å². The molecule has 1 N–H and O–H groups in total. The third-order valence-corrected chi connectivity index (χ3v) is 5.24. The summed E-state index contributed by atoms with van der Waals surface area (Å²) in [7, 11) is -3.82. The zero-order valence-electron chi connectivity index (χ0n) is 14.4. The zero-order chi connectivity index (χ0) is 18.4. The number of sulfonamides is 1. The van der Waals surface area contributed by atoms with Crippen molar-refractivity contribution in [3.63, 3.8) is 0 Å². The van der Waals surface area contributed by atoms with Gasteiger partial charge in [0.25, 0.3) is 0 Å². The van der Waals surface area contributed by atoms with Crippen LogP contribution in [0.5, 0.6) is 0 Å². The molecule has 0 bridgehead atoms. The fourth-order valence-electron chi connectivity index (χ4n) is 2.72. The Morgan fingerprint density at radius 3 is 2.60 bits per heavy atom. The second-order valence-electron chi connectivity index (χ2n) is 5.93. The number of rotatable bonds is 7. The van der Waals surface area contributed by atoms with Gasteiger partial charge in [0.05, 0.1) is 25.2 Å². The minimum absolute atomic E-state index is 0.138. The molecule has 0 aliphatic carbocycles. The average Bonchev–Trinajstić information content (AvgIpc) is 2.56. The number of amides is 1. The van der Waals surface area contributed by atoms with Crippen molar-refractivity contribution in [2.75, 3.05) is 50.0 Å². The maximum absolute atomic E-state index is 14.0. The summed E-state index contributed by atoms with van der Waals surface area (Å²) in [5.41, 5.74) is -0.138. The number of carbonyl (C=O) groups excluding carboxylic acids is 1. The molecule has 0 aromatic heterocycles. The Kier molecular flexibility index (Phi) is 6.74. The Bertz CT molecular complexity index is 692. The van der Waals surface area contributed by atoms with Gasteiger partial charge in [0, 0.05) is 26.2 Å². The van der Waals surface area contributed by atoms with Gasteiger partial charge in [-0.25, -0.2) is 12.8 Å². The van der Waals surface area contributed by atoms with Crippen LogP contribution in [0.4, 0.5) is 10.1 Å². The molecular weight excluding hydrogens is 349 g/mol. The number of ether oxygens (including phenoxy) is 1. The number of para-hydroxylation sites is 1. The fourth-order valence-corrected chi connectivity index (χ4v) is 3.90. The number of nitrogens with zero attached hydrogens (tertiary/aromatic N) is 2. The SMILES string of the molecule is C[C@@H](C(=O)NCCN1CCOCC1)N(c1ccccc1F)S(C)(=O)=O. The van der Waals surface area contributed by atoms with Crippen molar-refractivity contribution in [3.05, 3.63) is 30.1 Å². The fraction of sp³-hybridized carbons (Fsp3) is 0.562. The molecule has 25 heavy (non-hydrogen) atoms. The number of nitrogens with one attached hydrogen (secondary N) is 1. The molecule has 140 valence electrons. The topological polar surface area (TPSA) is 79.0 Å². The van der Waals surface area contributed by atoms with Gasteiger partial charge >= 0.3 is 0 Å². The first-order chi connectivity index (χ1) is 11.8. The van der Waals surface area contributed by atoms with Crippen LogP contribution in [0.15, 0.2) is 24.3 Å². The van der Waals surface area contributed by atoms with E-state index in [-0.39, 0.29) is 5.69 Å². The average molecular weight is 373 g/mol. The first kappa shape index (κ1) is 19.6. The molecule has 1 aromatic carbocycles. The van der Waals surface area contributed by atoms with Crippen molar-refractivity contribution in [1.29, 1.82) is 0 Å². The largest absolute Gasteiger partial charge is 0.379 e. The van der Waals surface area contributed by atoms with E-state index in [9.17, 15) is 17.6 Å². The van der Waals surface area contributed by atoms with Crippen LogP contribution in [0.1, 0.15) is 6.92 Å². The molecule has 9 heteroatoms. The Hall–Kier alpha value is -1.71. The highest BCUT2D eigenvalue weighted by Crippen LogP contribution is 2.23. The Morgan fingerprint density at radius 1 is 1.36 bits per heavy atom. The number of halogens is 1. The number of hydrogen-bond donors (Lipinski definition) is 1. The predicted octanol–water partition coefficient (Wildman–Crippen LogP) is 0.429. The van der Waals surface area contributed by atoms with Crippen LogP contribution in [0.25, 0.3) is 0 Å². The highest BCUT2D eigenvalue weighted by Gasteiger charge is 2.30. The molecule has 1 amide bonds. The summed E-state index contributed by atoms with van der Waals surface area (Å²) < 4.78 is 44.3. The van der Waals surface area contributed by atoms with Crippen LogP contribution >= 0.6 is 0 Å². The van der Waals surface area contributed by atoms with Gasteiger partial charge in [-0.05, 0) is 19.1 Å². The van der Waals surface area contributed by atoms with E-state index in [1.54, 1.807) is 0 Å². The molecule has 1 aliphatic heterocycles. The van der Waals surface area contributed by atoms with Gasteiger partial charge in [-0.3, -0.25) is 14.0 Å². The van der Waals surface area contributed by atoms with Crippen molar-refractivity contribution >= 4 is 21.6 Å². The van der Waals surface area contributed by atoms with E-state index in [1.165, 1.54) is 25.1 Å². The molecule has 1 fully saturated rings. The highest BCUT2D eigenvalue weighted by molar-refractivity contribution is 7.92. The number of carbonyl (C=O) groups is 1. The highest BCUT2D eigenvalue weighted by atomic mass is 32.2. The molecule has 1 atom stereocenters. The molecule has 1 heterocycles. The van der Waals surface area contributed by atoms with Gasteiger partial charge in [-0.1, -0.05) is 12.1 Å². The molecule has 2 rings (SSSR count). The lowest BCUT2D eigenvalue weighted by atomic mass is 10.2. The van der Waals surface area contributed by atoms with Gasteiger partial charge in [0.2, 0.25) is 15.9 Å². The first-order valence-electron chi connectivity index (χ1n) is 8.12. The lowest BCUT2D eigenvalue weighted by molar-refractivity contribution is -0.121. The van der Waals surface area contributed by atoms with Crippen LogP contribution in [-0.2, 0) is 19.6 Å². The van der Waals surface area contributed by atoms with Crippen LogP contribution < -0.4 is 9.62 Å². The predicted molar refractivity (Wildman–Crippen MR) is 93.5 cm³/mol. The molecule has 7 nitrogen and oxygen atoms in total. The lowest BCUT2D eigenvalue weighted by Crippen LogP contribution is -2.50. The Labute approximate surface area is 147 Å². The number of benzene rings is 1. The quantitative estimate of drug-likeness (QED) is 0.750. The number of morpholine rings is 1. The second kappa shape index (κ2) is 8.59. The molecule has 0 radical (unpaired) electrons. The Morgan fingerprint density at radius 2 is 2.00 bits per heavy atom. The molecule has 0 saturated carbocycles. The van der Waals surface area contributed by atoms with Crippen LogP contribution in [-0.4, -0.2) is 70.9 Å². The van der Waals surface area contributed by atoms with E-state index in [2.05, 4.69) is 10.2 Å². The van der Waals surface area contributed by atoms with Crippen LogP contribution in [0.3, 0.4) is 0 Å². The van der Waals surface area contributed by atoms with Gasteiger partial charge in [-0.15, -0.1) is 0 Å². The second-order valence-corrected chi connectivity index (χ2v) is 7.79. The van der Waals surface area contributed by atoms with Gasteiger partial charge in [-0.2, -0.15) is 0 Å². The van der Waals surface area contributed by atoms with E-state index in [0.29, 0.717) is 26.3 Å². The summed E-state index contributed by atoms with van der Waals surface area (Å²) in [6.07, 6.45) is 0.955. The summed E-state index contributed by atoms with van der Waals surface area (Å²) in [5, 5.41) is 2.72. The van der Waals surface area contributed by atoms with Crippen molar-refractivity contribution in [2.45, 2.75) is 13.0 Å². The molecular formula is C16H24FN3O4S. The summed E-state index contributed by atoms with van der Waals surface area (Å²) in [6.45, 7) is 5.42. The normalized spacial score (nSPS) is 17.1. The van der Waals surface area contributed by atoms with Crippen molar-refractivity contribution in [3.8, 4) is 0 Å². The molecule has 1 aromatic rings. The summed E-state index contributed by atoms with van der Waals surface area (Å²) in [6, 6.07) is 4.44. The van der Waals surface area contributed by atoms with Crippen molar-refractivity contribution < 1.29 is 22.3 Å². The van der Waals surface area contributed by atoms with Crippen LogP contribution in [0.2, 0.25) is 0 Å². The summed E-state index contributed by atoms with van der Waals surface area (Å²) >= 11 is 0. The third kappa shape index (κ3) is 5.38. The number of anilines is 1. The monoisotopic (exact) mass is 373 g/mol. The van der Waals surface area contributed by atoms with E-state index in [4.69, 9.17) is 4.74 Å². The number of hydrogen-bond acceptors (Lipinski definition) is 5. The van der Waals surface area contributed by atoms with Crippen molar-refractivity contribution in [2.24, 2.45) is 0 Å². The summed E-state index contributed by atoms with van der Waals surface area (Å²) in [4.78, 5) is 14.5. The maximum Gasteiger partial charge on any atom is 0.243 e. The minimum atomic E-state index is -3.82. The third-order valence-electron chi connectivity index (χ3n) is 4.01. The summed E-state index contributed by atoms with van der Waals surface area (Å²) in [5.74, 6) is -1.16. The van der Waals surface area contributed by atoms with E-state index in [0.717, 1.165) is 29.7 Å². The van der Waals surface area contributed by atoms with Crippen LogP contribution in [0, 0.1) is 5.82 Å². The molecule has 0 spiro atoms. The van der Waals surface area contributed by atoms with Gasteiger partial charge in [0.1, 0.15) is 11.9 Å². The first-order valence-corrected chi connectivity index (χ1v) is 9.97. The lowest BCUT2D eigenvalue weighted by Gasteiger charge is -2.29. The zero-order valence-corrected chi connectivity index (χ0v) is 15.3. The molecule has 1 saturated heterocycles. The molecule has 0 unspecified atom stereocenters. The molecule has 1 aliphatic rings. The van der Waals surface area contributed by atoms with E-state index < -0.39 is 27.8 Å². The van der Waals surface area contributed by atoms with E-state index in [1.807, 2.05) is 0 Å². The maximum atomic E-state index is 14.0. The smallest absolute Gasteiger partial charge is 0.243 e. The van der Waals surface area contributed by atoms with Gasteiger partial charge < -0.3 is 10.1 Å². The minimum Gasteiger partial charge on any atom is -0.379 e. The van der Waals surface area contributed by atoms with Crippen molar-refractivity contribution in [1.82, 2.24) is 10.2 Å². The van der Waals surface area contributed by atoms with Gasteiger partial charge in [0.15, 0.2) is 0 Å².